The van der Waals surface area contributed by atoms with Crippen LogP contribution in [0, 0.1) is 0 Å². The number of allylic oxidation sites excluding steroid dienone is 3. The first-order valence-electron chi connectivity index (χ1n) is 31.7. The number of aliphatic hydroxyl groups is 1. The van der Waals surface area contributed by atoms with Crippen LogP contribution in [-0.4, -0.2) is 73.4 Å². The molecule has 3 unspecified atom stereocenters. The topological polar surface area (TPSA) is 105 Å². The lowest BCUT2D eigenvalue weighted by molar-refractivity contribution is -0.870. The molecule has 0 aromatic rings. The number of phosphoric acid groups is 1. The molecule has 0 aliphatic heterocycles. The molecule has 0 aliphatic rings. The molecule has 9 heteroatoms. The summed E-state index contributed by atoms with van der Waals surface area (Å²) >= 11 is 0. The zero-order valence-corrected chi connectivity index (χ0v) is 49.8. The molecule has 0 saturated carbocycles. The summed E-state index contributed by atoms with van der Waals surface area (Å²) in [6.45, 7) is 4.84. The van der Waals surface area contributed by atoms with Gasteiger partial charge in [-0.3, -0.25) is 13.8 Å². The minimum Gasteiger partial charge on any atom is -0.387 e. The molecule has 0 aromatic carbocycles. The lowest BCUT2D eigenvalue weighted by Crippen LogP contribution is -2.45. The Balaban J connectivity index is 4.01. The van der Waals surface area contributed by atoms with E-state index >= 15 is 0 Å². The van der Waals surface area contributed by atoms with Crippen molar-refractivity contribution in [2.45, 2.75) is 334 Å². The number of quaternary nitrogens is 1. The van der Waals surface area contributed by atoms with E-state index in [2.05, 4.69) is 31.3 Å². The molecule has 0 radical (unpaired) electrons. The number of likely N-dealkylation sites (N-methyl/N-ethyl adjacent to an activating group) is 1. The maximum Gasteiger partial charge on any atom is 0.472 e. The molecule has 0 aromatic heterocycles. The van der Waals surface area contributed by atoms with E-state index in [9.17, 15) is 19.4 Å². The van der Waals surface area contributed by atoms with Crippen LogP contribution in [0.1, 0.15) is 322 Å². The molecule has 0 aliphatic carbocycles. The first kappa shape index (κ1) is 71.0. The van der Waals surface area contributed by atoms with Gasteiger partial charge in [0, 0.05) is 6.42 Å². The van der Waals surface area contributed by atoms with Gasteiger partial charge in [0.15, 0.2) is 0 Å². The normalized spacial score (nSPS) is 13.9. The lowest BCUT2D eigenvalue weighted by atomic mass is 10.0. The van der Waals surface area contributed by atoms with Crippen molar-refractivity contribution in [3.63, 3.8) is 0 Å². The standard InChI is InChI=1S/C63H125N2O6P/c1-6-8-10-12-14-16-18-20-22-24-25-26-27-28-29-30-31-32-33-34-35-36-37-38-39-41-43-45-47-49-51-53-55-57-63(67)64-61(60-71-72(68,69)70-59-58-65(3,4)5)62(66)56-54-52-50-48-46-44-42-40-23-21-19-17-15-13-11-9-7-2/h46,48,54,56,61-62,66H,6-45,47,49-53,55,57-60H2,1-5H3,(H-,64,67,68,69)/p+1/b48-46+,56-54+. The highest BCUT2D eigenvalue weighted by atomic mass is 31.2. The van der Waals surface area contributed by atoms with Gasteiger partial charge in [-0.2, -0.15) is 0 Å². The van der Waals surface area contributed by atoms with Crippen molar-refractivity contribution in [3.05, 3.63) is 24.3 Å². The molecule has 0 spiro atoms. The van der Waals surface area contributed by atoms with E-state index in [1.165, 1.54) is 263 Å². The number of hydrogen-bond donors (Lipinski definition) is 3. The number of carbonyl (C=O) groups excluding carboxylic acids is 1. The zero-order chi connectivity index (χ0) is 52.7. The summed E-state index contributed by atoms with van der Waals surface area (Å²) in [4.78, 5) is 23.3. The smallest absolute Gasteiger partial charge is 0.387 e. The number of hydrogen-bond acceptors (Lipinski definition) is 5. The van der Waals surface area contributed by atoms with Crippen LogP contribution in [0.25, 0.3) is 0 Å². The molecule has 72 heavy (non-hydrogen) atoms. The SMILES string of the molecule is CCCCCCCCCCCCC/C=C/CC/C=C/C(O)C(COP(=O)(O)OCC[N+](C)(C)C)NC(=O)CCCCCCCCCCCCCCCCCCCCCCCCCCCCCCCCCCC. The molecule has 0 saturated heterocycles. The lowest BCUT2D eigenvalue weighted by Gasteiger charge is -2.25. The largest absolute Gasteiger partial charge is 0.472 e. The number of amides is 1. The van der Waals surface area contributed by atoms with Gasteiger partial charge in [-0.05, 0) is 32.1 Å². The van der Waals surface area contributed by atoms with Gasteiger partial charge in [-0.25, -0.2) is 4.57 Å². The molecule has 3 atom stereocenters. The molecular weight excluding hydrogens is 912 g/mol. The molecule has 0 rings (SSSR count). The maximum absolute atomic E-state index is 13.0. The molecule has 0 heterocycles. The Labute approximate surface area is 449 Å². The van der Waals surface area contributed by atoms with E-state index in [0.717, 1.165) is 38.5 Å². The summed E-state index contributed by atoms with van der Waals surface area (Å²) in [6.07, 6.45) is 70.3. The van der Waals surface area contributed by atoms with Crippen molar-refractivity contribution in [2.24, 2.45) is 0 Å². The van der Waals surface area contributed by atoms with Crippen molar-refractivity contribution >= 4 is 13.7 Å². The summed E-state index contributed by atoms with van der Waals surface area (Å²) in [5.41, 5.74) is 0. The maximum atomic E-state index is 13.0. The molecule has 428 valence electrons. The Kier molecular flexibility index (Phi) is 54.0. The Hall–Kier alpha value is -1.02. The van der Waals surface area contributed by atoms with Crippen LogP contribution in [0.5, 0.6) is 0 Å². The summed E-state index contributed by atoms with van der Waals surface area (Å²) in [6, 6.07) is -0.860. The second-order valence-corrected chi connectivity index (χ2v) is 24.6. The number of nitrogens with zero attached hydrogens (tertiary/aromatic N) is 1. The number of rotatable bonds is 59. The van der Waals surface area contributed by atoms with Crippen LogP contribution in [0.3, 0.4) is 0 Å². The van der Waals surface area contributed by atoms with Crippen molar-refractivity contribution in [3.8, 4) is 0 Å². The third-order valence-corrected chi connectivity index (χ3v) is 15.7. The highest BCUT2D eigenvalue weighted by Crippen LogP contribution is 2.43. The summed E-state index contributed by atoms with van der Waals surface area (Å²) in [5, 5.41) is 13.9. The van der Waals surface area contributed by atoms with Gasteiger partial charge in [-0.1, -0.05) is 308 Å². The molecule has 0 bridgehead atoms. The van der Waals surface area contributed by atoms with Gasteiger partial charge in [0.2, 0.25) is 5.91 Å². The van der Waals surface area contributed by atoms with Gasteiger partial charge < -0.3 is 19.8 Å². The minimum absolute atomic E-state index is 0.0588. The average Bonchev–Trinajstić information content (AvgIpc) is 3.34. The number of aliphatic hydroxyl groups excluding tert-OH is 1. The van der Waals surface area contributed by atoms with Gasteiger partial charge >= 0.3 is 7.82 Å². The van der Waals surface area contributed by atoms with Gasteiger partial charge in [0.1, 0.15) is 13.2 Å². The second-order valence-electron chi connectivity index (χ2n) is 23.1. The zero-order valence-electron chi connectivity index (χ0n) is 48.9. The van der Waals surface area contributed by atoms with E-state index < -0.39 is 20.0 Å². The predicted octanol–water partition coefficient (Wildman–Crippen LogP) is 19.5. The number of carbonyl (C=O) groups is 1. The molecule has 3 N–H and O–H groups in total. The van der Waals surface area contributed by atoms with Crippen LogP contribution in [0.15, 0.2) is 24.3 Å². The highest BCUT2D eigenvalue weighted by molar-refractivity contribution is 7.47. The van der Waals surface area contributed by atoms with E-state index in [-0.39, 0.29) is 19.1 Å². The fraction of sp³-hybridized carbons (Fsp3) is 0.921. The van der Waals surface area contributed by atoms with Gasteiger partial charge in [-0.15, -0.1) is 0 Å². The predicted molar refractivity (Wildman–Crippen MR) is 314 cm³/mol. The van der Waals surface area contributed by atoms with E-state index in [1.807, 2.05) is 27.2 Å². The van der Waals surface area contributed by atoms with Gasteiger partial charge in [0.05, 0.1) is 39.9 Å². The van der Waals surface area contributed by atoms with Gasteiger partial charge in [0.25, 0.3) is 0 Å². The quantitative estimate of drug-likeness (QED) is 0.0243. The van der Waals surface area contributed by atoms with E-state index in [1.54, 1.807) is 6.08 Å². The summed E-state index contributed by atoms with van der Waals surface area (Å²) < 4.78 is 23.7. The van der Waals surface area contributed by atoms with Crippen LogP contribution in [0.4, 0.5) is 0 Å². The molecule has 0 fully saturated rings. The third-order valence-electron chi connectivity index (χ3n) is 14.7. The average molecular weight is 1040 g/mol. The molecule has 8 nitrogen and oxygen atoms in total. The Morgan fingerprint density at radius 3 is 1.11 bits per heavy atom. The van der Waals surface area contributed by atoms with Crippen molar-refractivity contribution in [2.75, 3.05) is 40.9 Å². The molecule has 1 amide bonds. The van der Waals surface area contributed by atoms with E-state index in [0.29, 0.717) is 17.4 Å². The van der Waals surface area contributed by atoms with Crippen molar-refractivity contribution < 1.29 is 32.9 Å². The highest BCUT2D eigenvalue weighted by Gasteiger charge is 2.27. The van der Waals surface area contributed by atoms with Crippen LogP contribution in [-0.2, 0) is 18.4 Å². The number of unbranched alkanes of at least 4 members (excludes halogenated alkanes) is 44. The third kappa shape index (κ3) is 56.7. The Morgan fingerprint density at radius 1 is 0.458 bits per heavy atom. The Bertz CT molecular complexity index is 1220. The summed E-state index contributed by atoms with van der Waals surface area (Å²) in [7, 11) is 1.57. The van der Waals surface area contributed by atoms with Crippen LogP contribution >= 0.6 is 7.82 Å². The van der Waals surface area contributed by atoms with Crippen LogP contribution in [0.2, 0.25) is 0 Å². The summed E-state index contributed by atoms with van der Waals surface area (Å²) in [5.74, 6) is -0.180. The number of phosphoric ester groups is 1. The fourth-order valence-electron chi connectivity index (χ4n) is 9.71. The van der Waals surface area contributed by atoms with Crippen LogP contribution < -0.4 is 5.32 Å². The fourth-order valence-corrected chi connectivity index (χ4v) is 10.4. The second kappa shape index (κ2) is 54.8. The molecular formula is C63H126N2O6P+. The van der Waals surface area contributed by atoms with Crippen molar-refractivity contribution in [1.29, 1.82) is 0 Å². The Morgan fingerprint density at radius 2 is 0.764 bits per heavy atom. The first-order chi connectivity index (χ1) is 35.0. The van der Waals surface area contributed by atoms with E-state index in [4.69, 9.17) is 9.05 Å². The number of nitrogens with one attached hydrogen (secondary N) is 1. The van der Waals surface area contributed by atoms with Crippen molar-refractivity contribution in [1.82, 2.24) is 5.32 Å². The monoisotopic (exact) mass is 1040 g/mol. The first-order valence-corrected chi connectivity index (χ1v) is 33.2. The minimum atomic E-state index is -4.35.